The molecule has 0 aliphatic carbocycles. The summed E-state index contributed by atoms with van der Waals surface area (Å²) >= 11 is 0. The molecule has 0 radical (unpaired) electrons. The molecule has 0 fully saturated rings. The molecule has 0 bridgehead atoms. The van der Waals surface area contributed by atoms with Crippen molar-refractivity contribution in [3.63, 3.8) is 0 Å². The molecule has 1 aromatic carbocycles. The van der Waals surface area contributed by atoms with E-state index in [4.69, 9.17) is 0 Å². The number of aromatic carboxylic acids is 1. The summed E-state index contributed by atoms with van der Waals surface area (Å²) in [7, 11) is 0. The summed E-state index contributed by atoms with van der Waals surface area (Å²) in [6, 6.07) is 5.99. The zero-order valence-corrected chi connectivity index (χ0v) is 9.53. The fraction of sp³-hybridized carbons (Fsp3) is 0.111. The molecule has 0 saturated heterocycles. The number of benzene rings is 1. The summed E-state index contributed by atoms with van der Waals surface area (Å²) in [6.07, 6.45) is 0. The monoisotopic (exact) mass is 186 g/mol. The normalized spacial score (nSPS) is 8.69. The molecule has 0 amide bonds. The molecular weight excluding hydrogens is 179 g/mol. The van der Waals surface area contributed by atoms with E-state index < -0.39 is 5.97 Å². The van der Waals surface area contributed by atoms with E-state index in [9.17, 15) is 14.7 Å². The van der Waals surface area contributed by atoms with Gasteiger partial charge in [-0.3, -0.25) is 4.79 Å². The number of ketones is 1. The van der Waals surface area contributed by atoms with Crippen molar-refractivity contribution in [2.45, 2.75) is 6.92 Å². The molecule has 1 aromatic rings. The van der Waals surface area contributed by atoms with E-state index in [1.807, 2.05) is 0 Å². The van der Waals surface area contributed by atoms with Gasteiger partial charge in [-0.25, -0.2) is 0 Å². The van der Waals surface area contributed by atoms with E-state index in [1.54, 1.807) is 12.1 Å². The molecule has 3 nitrogen and oxygen atoms in total. The van der Waals surface area contributed by atoms with Crippen molar-refractivity contribution >= 4 is 11.8 Å². The fourth-order valence-corrected chi connectivity index (χ4v) is 0.968. The number of hydrogen-bond acceptors (Lipinski definition) is 3. The van der Waals surface area contributed by atoms with E-state index in [-0.39, 0.29) is 46.5 Å². The van der Waals surface area contributed by atoms with E-state index in [0.29, 0.717) is 0 Å². The van der Waals surface area contributed by atoms with Crippen molar-refractivity contribution in [2.24, 2.45) is 0 Å². The predicted molar refractivity (Wildman–Crippen MR) is 40.8 cm³/mol. The maximum Gasteiger partial charge on any atom is 1.00 e. The van der Waals surface area contributed by atoms with Crippen LogP contribution in [0.5, 0.6) is 0 Å². The van der Waals surface area contributed by atoms with Gasteiger partial charge in [-0.1, -0.05) is 24.3 Å². The van der Waals surface area contributed by atoms with Crippen LogP contribution in [0.4, 0.5) is 0 Å². The average Bonchev–Trinajstić information content (AvgIpc) is 2.04. The Hall–Kier alpha value is -0.640. The third kappa shape index (κ3) is 2.95. The Morgan fingerprint density at radius 1 is 1.15 bits per heavy atom. The first-order chi connectivity index (χ1) is 5.63. The zero-order chi connectivity index (χ0) is 9.14. The Bertz CT molecular complexity index is 300. The minimum absolute atomic E-state index is 0. The van der Waals surface area contributed by atoms with E-state index in [2.05, 4.69) is 0 Å². The number of rotatable bonds is 2. The summed E-state index contributed by atoms with van der Waals surface area (Å²) in [5.74, 6) is -1.59. The van der Waals surface area contributed by atoms with Gasteiger partial charge in [0, 0.05) is 11.1 Å². The zero-order valence-electron chi connectivity index (χ0n) is 7.53. The number of carbonyl (C=O) groups is 2. The van der Waals surface area contributed by atoms with Crippen LogP contribution >= 0.6 is 0 Å². The van der Waals surface area contributed by atoms with Crippen molar-refractivity contribution < 1.29 is 44.3 Å². The number of carboxylic acids is 1. The van der Waals surface area contributed by atoms with Crippen LogP contribution in [-0.4, -0.2) is 11.8 Å². The smallest absolute Gasteiger partial charge is 0.545 e. The van der Waals surface area contributed by atoms with Gasteiger partial charge < -0.3 is 9.90 Å². The minimum Gasteiger partial charge on any atom is -0.545 e. The molecule has 62 valence electrons. The van der Waals surface area contributed by atoms with Crippen LogP contribution in [0.2, 0.25) is 0 Å². The van der Waals surface area contributed by atoms with Crippen molar-refractivity contribution in [1.82, 2.24) is 0 Å². The molecule has 0 N–H and O–H groups in total. The van der Waals surface area contributed by atoms with Crippen LogP contribution in [0.15, 0.2) is 24.3 Å². The van der Waals surface area contributed by atoms with Crippen molar-refractivity contribution in [2.75, 3.05) is 0 Å². The second-order valence-electron chi connectivity index (χ2n) is 2.39. The largest absolute Gasteiger partial charge is 1.00 e. The average molecular weight is 186 g/mol. The van der Waals surface area contributed by atoms with Crippen LogP contribution in [0.3, 0.4) is 0 Å². The first-order valence-corrected chi connectivity index (χ1v) is 3.44. The molecule has 0 heterocycles. The number of hydrogen-bond donors (Lipinski definition) is 0. The fourth-order valence-electron chi connectivity index (χ4n) is 0.968. The molecule has 0 aliphatic rings. The number of Topliss-reactive ketones (excluding diaryl/α,β-unsaturated/α-hetero) is 1. The molecule has 0 atom stereocenters. The summed E-state index contributed by atoms with van der Waals surface area (Å²) in [5.41, 5.74) is 0.141. The summed E-state index contributed by atoms with van der Waals surface area (Å²) < 4.78 is 0. The molecular formula is C9H7NaO3. The third-order valence-corrected chi connectivity index (χ3v) is 1.53. The SMILES string of the molecule is CC(=O)c1ccccc1C(=O)[O-].[Na+]. The predicted octanol–water partition coefficient (Wildman–Crippen LogP) is -2.74. The molecule has 1 rings (SSSR count). The van der Waals surface area contributed by atoms with Crippen molar-refractivity contribution in [3.8, 4) is 0 Å². The second-order valence-corrected chi connectivity index (χ2v) is 2.39. The van der Waals surface area contributed by atoms with Gasteiger partial charge in [0.1, 0.15) is 0 Å². The summed E-state index contributed by atoms with van der Waals surface area (Å²) in [6.45, 7) is 1.32. The molecule has 0 spiro atoms. The van der Waals surface area contributed by atoms with E-state index in [0.717, 1.165) is 0 Å². The maximum atomic E-state index is 10.9. The molecule has 13 heavy (non-hydrogen) atoms. The van der Waals surface area contributed by atoms with Crippen molar-refractivity contribution in [3.05, 3.63) is 35.4 Å². The topological polar surface area (TPSA) is 57.2 Å². The minimum atomic E-state index is -1.32. The summed E-state index contributed by atoms with van der Waals surface area (Å²) in [5, 5.41) is 10.5. The Morgan fingerprint density at radius 3 is 1.92 bits per heavy atom. The number of carbonyl (C=O) groups excluding carboxylic acids is 2. The molecule has 0 unspecified atom stereocenters. The number of carboxylic acid groups (broad SMARTS) is 1. The Kier molecular flexibility index (Phi) is 4.91. The molecule has 4 heteroatoms. The first-order valence-electron chi connectivity index (χ1n) is 3.44. The van der Waals surface area contributed by atoms with Crippen LogP contribution in [0.1, 0.15) is 27.6 Å². The van der Waals surface area contributed by atoms with Gasteiger partial charge >= 0.3 is 29.6 Å². The second kappa shape index (κ2) is 5.17. The summed E-state index contributed by atoms with van der Waals surface area (Å²) in [4.78, 5) is 21.3. The Morgan fingerprint density at radius 2 is 1.62 bits per heavy atom. The van der Waals surface area contributed by atoms with Crippen LogP contribution in [0, 0.1) is 0 Å². The van der Waals surface area contributed by atoms with Gasteiger partial charge in [0.15, 0.2) is 5.78 Å². The van der Waals surface area contributed by atoms with Gasteiger partial charge in [0.2, 0.25) is 0 Å². The van der Waals surface area contributed by atoms with Crippen LogP contribution < -0.4 is 34.7 Å². The molecule has 0 saturated carbocycles. The van der Waals surface area contributed by atoms with Gasteiger partial charge in [0.05, 0.1) is 5.97 Å². The van der Waals surface area contributed by atoms with Crippen molar-refractivity contribution in [1.29, 1.82) is 0 Å². The molecule has 0 aromatic heterocycles. The third-order valence-electron chi connectivity index (χ3n) is 1.53. The Balaban J connectivity index is 0.00000144. The van der Waals surface area contributed by atoms with Crippen LogP contribution in [-0.2, 0) is 0 Å². The maximum absolute atomic E-state index is 10.9. The quantitative estimate of drug-likeness (QED) is 0.372. The Labute approximate surface area is 98.1 Å². The van der Waals surface area contributed by atoms with Gasteiger partial charge in [-0.05, 0) is 6.92 Å². The van der Waals surface area contributed by atoms with Gasteiger partial charge in [-0.2, -0.15) is 0 Å². The van der Waals surface area contributed by atoms with E-state index >= 15 is 0 Å². The van der Waals surface area contributed by atoms with Gasteiger partial charge in [-0.15, -0.1) is 0 Å². The van der Waals surface area contributed by atoms with Crippen LogP contribution in [0.25, 0.3) is 0 Å². The van der Waals surface area contributed by atoms with E-state index in [1.165, 1.54) is 19.1 Å². The van der Waals surface area contributed by atoms with Gasteiger partial charge in [0.25, 0.3) is 0 Å². The molecule has 0 aliphatic heterocycles. The standard InChI is InChI=1S/C9H8O3.Na/c1-6(10)7-4-2-3-5-8(7)9(11)12;/h2-5H,1H3,(H,11,12);/q;+1/p-1. The first kappa shape index (κ1) is 12.4.